The van der Waals surface area contributed by atoms with Gasteiger partial charge in [0.15, 0.2) is 11.5 Å². The van der Waals surface area contributed by atoms with Gasteiger partial charge in [-0.2, -0.15) is 13.2 Å². The van der Waals surface area contributed by atoms with Gasteiger partial charge in [0.2, 0.25) is 5.91 Å². The number of methoxy groups -OCH3 is 1. The van der Waals surface area contributed by atoms with Crippen LogP contribution in [0.2, 0.25) is 0 Å². The maximum absolute atomic E-state index is 12.8. The Labute approximate surface area is 271 Å². The normalized spacial score (nSPS) is 15.3. The number of nitrogens with one attached hydrogen (secondary N) is 1. The van der Waals surface area contributed by atoms with E-state index in [9.17, 15) is 22.8 Å². The number of rotatable bonds is 8. The van der Waals surface area contributed by atoms with E-state index >= 15 is 0 Å². The molecule has 1 N–H and O–H groups in total. The molecule has 1 aliphatic rings. The maximum Gasteiger partial charge on any atom is 0.416 e. The number of carbonyl (C=O) groups excluding carboxylic acids is 2. The Morgan fingerprint density at radius 3 is 2.36 bits per heavy atom. The van der Waals surface area contributed by atoms with Crippen LogP contribution in [-0.4, -0.2) is 59.3 Å². The summed E-state index contributed by atoms with van der Waals surface area (Å²) in [6.45, 7) is 7.14. The Hall–Kier alpha value is -4.87. The minimum absolute atomic E-state index is 0.0661. The van der Waals surface area contributed by atoms with Gasteiger partial charge < -0.3 is 24.4 Å². The lowest BCUT2D eigenvalue weighted by atomic mass is 9.99. The Morgan fingerprint density at radius 2 is 1.70 bits per heavy atom. The number of hydrogen-bond donors (Lipinski definition) is 1. The second-order valence-electron chi connectivity index (χ2n) is 12.5. The van der Waals surface area contributed by atoms with Crippen LogP contribution in [0, 0.1) is 5.92 Å². The standard InChI is InChI=1S/C35H37F3N4O5/c1-34(2,3)47-33(44)42-15-5-6-23(19-42)20-46-30-18-28-27(17-29(30)45-4)32(40-21-39-28)24-9-13-26(14-10-24)41-31(43)16-22-7-11-25(12-8-22)35(36,37)38/h7-14,17-18,21,23H,5-6,15-16,19-20H2,1-4H3,(H,41,43). The molecule has 248 valence electrons. The van der Waals surface area contributed by atoms with Crippen molar-refractivity contribution in [1.82, 2.24) is 14.9 Å². The summed E-state index contributed by atoms with van der Waals surface area (Å²) in [5.74, 6) is 0.824. The average Bonchev–Trinajstić information content (AvgIpc) is 3.02. The first-order valence-electron chi connectivity index (χ1n) is 15.3. The predicted molar refractivity (Wildman–Crippen MR) is 171 cm³/mol. The lowest BCUT2D eigenvalue weighted by Crippen LogP contribution is -2.44. The first kappa shape index (κ1) is 33.5. The molecular formula is C35H37F3N4O5. The van der Waals surface area contributed by atoms with E-state index in [0.29, 0.717) is 53.7 Å². The number of fused-ring (bicyclic) bond motifs is 1. The van der Waals surface area contributed by atoms with Crippen molar-refractivity contribution in [2.75, 3.05) is 32.1 Å². The SMILES string of the molecule is COc1cc2c(-c3ccc(NC(=O)Cc4ccc(C(F)(F)F)cc4)cc3)ncnc2cc1OCC1CCCN(C(=O)OC(C)(C)C)C1. The van der Waals surface area contributed by atoms with Crippen LogP contribution in [0.4, 0.5) is 23.7 Å². The second kappa shape index (κ2) is 13.9. The minimum atomic E-state index is -4.43. The lowest BCUT2D eigenvalue weighted by Gasteiger charge is -2.34. The van der Waals surface area contributed by atoms with Crippen molar-refractivity contribution in [2.45, 2.75) is 51.8 Å². The molecule has 2 heterocycles. The molecule has 3 aromatic carbocycles. The Bertz CT molecular complexity index is 1720. The van der Waals surface area contributed by atoms with Gasteiger partial charge in [-0.3, -0.25) is 4.79 Å². The predicted octanol–water partition coefficient (Wildman–Crippen LogP) is 7.53. The highest BCUT2D eigenvalue weighted by Gasteiger charge is 2.30. The summed E-state index contributed by atoms with van der Waals surface area (Å²) in [4.78, 5) is 35.8. The topological polar surface area (TPSA) is 103 Å². The van der Waals surface area contributed by atoms with Gasteiger partial charge in [-0.1, -0.05) is 24.3 Å². The number of benzene rings is 3. The van der Waals surface area contributed by atoms with E-state index in [4.69, 9.17) is 14.2 Å². The van der Waals surface area contributed by atoms with Crippen molar-refractivity contribution in [3.05, 3.63) is 78.1 Å². The Morgan fingerprint density at radius 1 is 0.979 bits per heavy atom. The number of alkyl halides is 3. The van der Waals surface area contributed by atoms with E-state index in [1.54, 1.807) is 24.1 Å². The number of hydrogen-bond acceptors (Lipinski definition) is 7. The largest absolute Gasteiger partial charge is 0.493 e. The summed E-state index contributed by atoms with van der Waals surface area (Å²) in [6, 6.07) is 15.2. The summed E-state index contributed by atoms with van der Waals surface area (Å²) in [6.07, 6.45) is -1.56. The summed E-state index contributed by atoms with van der Waals surface area (Å²) in [7, 11) is 1.56. The van der Waals surface area contributed by atoms with Gasteiger partial charge >= 0.3 is 12.3 Å². The van der Waals surface area contributed by atoms with Gasteiger partial charge in [-0.15, -0.1) is 0 Å². The highest BCUT2D eigenvalue weighted by Crippen LogP contribution is 2.36. The number of halogens is 3. The van der Waals surface area contributed by atoms with Crippen LogP contribution in [0.1, 0.15) is 44.7 Å². The van der Waals surface area contributed by atoms with Crippen LogP contribution in [-0.2, 0) is 22.1 Å². The number of anilines is 1. The third kappa shape index (κ3) is 8.69. The van der Waals surface area contributed by atoms with Gasteiger partial charge in [-0.05, 0) is 69.5 Å². The van der Waals surface area contributed by atoms with Crippen LogP contribution < -0.4 is 14.8 Å². The lowest BCUT2D eigenvalue weighted by molar-refractivity contribution is -0.137. The molecule has 0 saturated carbocycles. The fourth-order valence-corrected chi connectivity index (χ4v) is 5.38. The molecule has 4 aromatic rings. The van der Waals surface area contributed by atoms with E-state index in [-0.39, 0.29) is 24.3 Å². The number of likely N-dealkylation sites (tertiary alicyclic amines) is 1. The highest BCUT2D eigenvalue weighted by molar-refractivity contribution is 5.95. The van der Waals surface area contributed by atoms with E-state index in [2.05, 4.69) is 15.3 Å². The smallest absolute Gasteiger partial charge is 0.416 e. The van der Waals surface area contributed by atoms with Crippen LogP contribution in [0.15, 0.2) is 67.0 Å². The molecule has 1 aromatic heterocycles. The highest BCUT2D eigenvalue weighted by atomic mass is 19.4. The van der Waals surface area contributed by atoms with Crippen LogP contribution in [0.5, 0.6) is 11.5 Å². The summed E-state index contributed by atoms with van der Waals surface area (Å²) in [5.41, 5.74) is 1.77. The van der Waals surface area contributed by atoms with Crippen LogP contribution in [0.3, 0.4) is 0 Å². The van der Waals surface area contributed by atoms with Crippen molar-refractivity contribution in [3.63, 3.8) is 0 Å². The first-order chi connectivity index (χ1) is 22.3. The van der Waals surface area contributed by atoms with E-state index in [0.717, 1.165) is 35.9 Å². The number of amides is 2. The van der Waals surface area contributed by atoms with Crippen molar-refractivity contribution in [2.24, 2.45) is 5.92 Å². The molecule has 1 unspecified atom stereocenters. The number of carbonyl (C=O) groups is 2. The third-order valence-corrected chi connectivity index (χ3v) is 7.65. The van der Waals surface area contributed by atoms with Gasteiger partial charge in [0, 0.05) is 41.7 Å². The maximum atomic E-state index is 12.8. The van der Waals surface area contributed by atoms with Gasteiger partial charge in [-0.25, -0.2) is 14.8 Å². The quantitative estimate of drug-likeness (QED) is 0.210. The Balaban J connectivity index is 1.25. The molecule has 0 bridgehead atoms. The molecule has 1 atom stereocenters. The number of aromatic nitrogens is 2. The van der Waals surface area contributed by atoms with Crippen LogP contribution in [0.25, 0.3) is 22.2 Å². The van der Waals surface area contributed by atoms with Crippen molar-refractivity contribution >= 4 is 28.6 Å². The van der Waals surface area contributed by atoms with E-state index < -0.39 is 17.3 Å². The monoisotopic (exact) mass is 650 g/mol. The Kier molecular flexibility index (Phi) is 9.88. The molecule has 1 aliphatic heterocycles. The average molecular weight is 651 g/mol. The first-order valence-corrected chi connectivity index (χ1v) is 15.3. The fraction of sp³-hybridized carbons (Fsp3) is 0.371. The van der Waals surface area contributed by atoms with Gasteiger partial charge in [0.25, 0.3) is 0 Å². The van der Waals surface area contributed by atoms with Gasteiger partial charge in [0.1, 0.15) is 11.9 Å². The summed E-state index contributed by atoms with van der Waals surface area (Å²) in [5, 5.41) is 3.52. The fourth-order valence-electron chi connectivity index (χ4n) is 5.38. The molecule has 9 nitrogen and oxygen atoms in total. The molecule has 0 aliphatic carbocycles. The zero-order valence-corrected chi connectivity index (χ0v) is 26.7. The molecular weight excluding hydrogens is 613 g/mol. The molecule has 5 rings (SSSR count). The molecule has 0 spiro atoms. The van der Waals surface area contributed by atoms with E-state index in [1.165, 1.54) is 18.5 Å². The number of piperidine rings is 1. The minimum Gasteiger partial charge on any atom is -0.493 e. The van der Waals surface area contributed by atoms with Gasteiger partial charge in [0.05, 0.1) is 36.9 Å². The summed E-state index contributed by atoms with van der Waals surface area (Å²) >= 11 is 0. The van der Waals surface area contributed by atoms with Crippen LogP contribution >= 0.6 is 0 Å². The number of nitrogens with zero attached hydrogens (tertiary/aromatic N) is 3. The molecule has 1 fully saturated rings. The zero-order chi connectivity index (χ0) is 33.8. The van der Waals surface area contributed by atoms with E-state index in [1.807, 2.05) is 45.0 Å². The summed E-state index contributed by atoms with van der Waals surface area (Å²) < 4.78 is 55.9. The van der Waals surface area contributed by atoms with Crippen molar-refractivity contribution in [3.8, 4) is 22.8 Å². The molecule has 2 amide bonds. The zero-order valence-electron chi connectivity index (χ0n) is 26.7. The third-order valence-electron chi connectivity index (χ3n) is 7.65. The van der Waals surface area contributed by atoms with Crippen molar-refractivity contribution in [1.29, 1.82) is 0 Å². The number of ether oxygens (including phenoxy) is 3. The van der Waals surface area contributed by atoms with Crippen molar-refractivity contribution < 1.29 is 37.0 Å². The molecule has 47 heavy (non-hydrogen) atoms. The second-order valence-corrected chi connectivity index (χ2v) is 12.5. The molecule has 0 radical (unpaired) electrons. The molecule has 12 heteroatoms. The molecule has 1 saturated heterocycles.